The van der Waals surface area contributed by atoms with Crippen molar-refractivity contribution in [2.24, 2.45) is 0 Å². The van der Waals surface area contributed by atoms with Gasteiger partial charge in [-0.15, -0.1) is 0 Å². The van der Waals surface area contributed by atoms with Gasteiger partial charge in [0.15, 0.2) is 0 Å². The number of fused-ring (bicyclic) bond motifs is 3. The van der Waals surface area contributed by atoms with Crippen molar-refractivity contribution in [2.45, 2.75) is 50.9 Å². The second-order valence-corrected chi connectivity index (χ2v) is 6.92. The van der Waals surface area contributed by atoms with Crippen molar-refractivity contribution >= 4 is 40.1 Å². The van der Waals surface area contributed by atoms with Gasteiger partial charge in [-0.2, -0.15) is 0 Å². The summed E-state index contributed by atoms with van der Waals surface area (Å²) in [7, 11) is 0. The topological polar surface area (TPSA) is 53.1 Å². The highest BCUT2D eigenvalue weighted by molar-refractivity contribution is 6.40. The van der Waals surface area contributed by atoms with Crippen LogP contribution in [0.3, 0.4) is 0 Å². The first-order chi connectivity index (χ1) is 10.5. The van der Waals surface area contributed by atoms with Crippen LogP contribution in [0.2, 0.25) is 10.0 Å². The van der Waals surface area contributed by atoms with Crippen molar-refractivity contribution in [3.8, 4) is 0 Å². The number of hydrogen-bond donors (Lipinski definition) is 2. The lowest BCUT2D eigenvalue weighted by atomic mass is 9.80. The van der Waals surface area contributed by atoms with E-state index in [-0.39, 0.29) is 0 Å². The third-order valence-electron chi connectivity index (χ3n) is 4.85. The number of carboxylic acids is 1. The highest BCUT2D eigenvalue weighted by Crippen LogP contribution is 2.48. The van der Waals surface area contributed by atoms with Crippen molar-refractivity contribution in [3.05, 3.63) is 33.4 Å². The molecule has 2 aromatic rings. The van der Waals surface area contributed by atoms with Crippen molar-refractivity contribution in [3.63, 3.8) is 0 Å². The molecule has 0 amide bonds. The van der Waals surface area contributed by atoms with E-state index in [2.05, 4.69) is 11.9 Å². The Morgan fingerprint density at radius 3 is 2.73 bits per heavy atom. The van der Waals surface area contributed by atoms with Crippen LogP contribution >= 0.6 is 23.2 Å². The summed E-state index contributed by atoms with van der Waals surface area (Å²) in [5.41, 5.74) is 1.78. The molecule has 0 aliphatic heterocycles. The number of aromatic amines is 1. The first-order valence-electron chi connectivity index (χ1n) is 7.73. The Morgan fingerprint density at radius 1 is 1.32 bits per heavy atom. The minimum Gasteiger partial charge on any atom is -0.481 e. The maximum absolute atomic E-state index is 12.0. The molecule has 22 heavy (non-hydrogen) atoms. The van der Waals surface area contributed by atoms with Gasteiger partial charge in [0.2, 0.25) is 0 Å². The summed E-state index contributed by atoms with van der Waals surface area (Å²) < 4.78 is 0. The molecule has 0 spiro atoms. The van der Waals surface area contributed by atoms with E-state index in [0.717, 1.165) is 47.8 Å². The SMILES string of the molecule is CCCCCC1(C(=O)O)CCc2c1[nH]c1c(Cl)ccc(Cl)c21. The summed E-state index contributed by atoms with van der Waals surface area (Å²) in [6.07, 6.45) is 5.06. The van der Waals surface area contributed by atoms with Gasteiger partial charge in [0.1, 0.15) is 5.41 Å². The van der Waals surface area contributed by atoms with Crippen molar-refractivity contribution in [2.75, 3.05) is 0 Å². The molecule has 0 bridgehead atoms. The van der Waals surface area contributed by atoms with Gasteiger partial charge >= 0.3 is 5.97 Å². The fourth-order valence-electron chi connectivity index (χ4n) is 3.66. The monoisotopic (exact) mass is 339 g/mol. The minimum absolute atomic E-state index is 0.585. The van der Waals surface area contributed by atoms with E-state index < -0.39 is 11.4 Å². The van der Waals surface area contributed by atoms with Crippen LogP contribution in [0.25, 0.3) is 10.9 Å². The lowest BCUT2D eigenvalue weighted by Gasteiger charge is -2.24. The summed E-state index contributed by atoms with van der Waals surface area (Å²) in [4.78, 5) is 15.3. The molecule has 0 radical (unpaired) electrons. The number of carbonyl (C=O) groups is 1. The van der Waals surface area contributed by atoms with E-state index in [1.54, 1.807) is 12.1 Å². The average Bonchev–Trinajstić information content (AvgIpc) is 3.02. The molecule has 3 rings (SSSR count). The lowest BCUT2D eigenvalue weighted by molar-refractivity contribution is -0.144. The summed E-state index contributed by atoms with van der Waals surface area (Å²) >= 11 is 12.6. The average molecular weight is 340 g/mol. The molecule has 1 unspecified atom stereocenters. The summed E-state index contributed by atoms with van der Waals surface area (Å²) in [6.45, 7) is 2.12. The third kappa shape index (κ3) is 2.22. The van der Waals surface area contributed by atoms with E-state index in [1.165, 1.54) is 0 Å². The molecule has 0 saturated heterocycles. The summed E-state index contributed by atoms with van der Waals surface area (Å²) in [5.74, 6) is -0.749. The molecule has 1 aliphatic carbocycles. The quantitative estimate of drug-likeness (QED) is 0.724. The van der Waals surface area contributed by atoms with E-state index in [0.29, 0.717) is 22.9 Å². The highest BCUT2D eigenvalue weighted by Gasteiger charge is 2.47. The van der Waals surface area contributed by atoms with Crippen LogP contribution in [0.15, 0.2) is 12.1 Å². The van der Waals surface area contributed by atoms with Gasteiger partial charge in [0.05, 0.1) is 15.6 Å². The van der Waals surface area contributed by atoms with Gasteiger partial charge in [0, 0.05) is 11.1 Å². The molecule has 0 saturated carbocycles. The summed E-state index contributed by atoms with van der Waals surface area (Å²) in [6, 6.07) is 3.52. The Labute approximate surface area is 139 Å². The Kier molecular flexibility index (Phi) is 4.13. The third-order valence-corrected chi connectivity index (χ3v) is 5.48. The molecule has 3 nitrogen and oxygen atoms in total. The van der Waals surface area contributed by atoms with Gasteiger partial charge in [-0.3, -0.25) is 4.79 Å². The van der Waals surface area contributed by atoms with Crippen LogP contribution in [-0.4, -0.2) is 16.1 Å². The second-order valence-electron chi connectivity index (χ2n) is 6.10. The zero-order chi connectivity index (χ0) is 15.9. The van der Waals surface area contributed by atoms with E-state index >= 15 is 0 Å². The number of nitrogens with one attached hydrogen (secondary N) is 1. The maximum Gasteiger partial charge on any atom is 0.315 e. The van der Waals surface area contributed by atoms with Gasteiger partial charge in [-0.25, -0.2) is 0 Å². The van der Waals surface area contributed by atoms with Gasteiger partial charge in [-0.1, -0.05) is 49.4 Å². The van der Waals surface area contributed by atoms with E-state index in [4.69, 9.17) is 23.2 Å². The van der Waals surface area contributed by atoms with Crippen molar-refractivity contribution < 1.29 is 9.90 Å². The molecule has 1 heterocycles. The first-order valence-corrected chi connectivity index (χ1v) is 8.49. The molecular weight excluding hydrogens is 321 g/mol. The normalized spacial score (nSPS) is 20.5. The molecular formula is C17H19Cl2NO2. The largest absolute Gasteiger partial charge is 0.481 e. The Hall–Kier alpha value is -1.19. The Balaban J connectivity index is 2.15. The van der Waals surface area contributed by atoms with Crippen LogP contribution in [0.5, 0.6) is 0 Å². The van der Waals surface area contributed by atoms with E-state index in [9.17, 15) is 9.90 Å². The number of rotatable bonds is 5. The molecule has 1 atom stereocenters. The van der Waals surface area contributed by atoms with E-state index in [1.807, 2.05) is 0 Å². The van der Waals surface area contributed by atoms with Crippen molar-refractivity contribution in [1.82, 2.24) is 4.98 Å². The zero-order valence-electron chi connectivity index (χ0n) is 12.5. The molecule has 2 N–H and O–H groups in total. The smallest absolute Gasteiger partial charge is 0.315 e. The van der Waals surface area contributed by atoms with Crippen molar-refractivity contribution in [1.29, 1.82) is 0 Å². The number of halogens is 2. The number of hydrogen-bond acceptors (Lipinski definition) is 1. The highest BCUT2D eigenvalue weighted by atomic mass is 35.5. The maximum atomic E-state index is 12.0. The van der Waals surface area contributed by atoms with Crippen LogP contribution in [-0.2, 0) is 16.6 Å². The molecule has 118 valence electrons. The number of benzene rings is 1. The molecule has 1 aromatic heterocycles. The van der Waals surface area contributed by atoms with Crippen LogP contribution in [0, 0.1) is 0 Å². The second kappa shape index (κ2) is 5.78. The molecule has 5 heteroatoms. The van der Waals surface area contributed by atoms with Crippen LogP contribution in [0.1, 0.15) is 50.3 Å². The van der Waals surface area contributed by atoms with Crippen LogP contribution in [0.4, 0.5) is 0 Å². The fourth-order valence-corrected chi connectivity index (χ4v) is 4.14. The van der Waals surface area contributed by atoms with Gasteiger partial charge in [-0.05, 0) is 37.0 Å². The molecule has 0 fully saturated rings. The first kappa shape index (κ1) is 15.7. The number of aliphatic carboxylic acids is 1. The lowest BCUT2D eigenvalue weighted by Crippen LogP contribution is -2.34. The predicted octanol–water partition coefficient (Wildman–Crippen LogP) is 5.32. The Morgan fingerprint density at radius 2 is 2.05 bits per heavy atom. The van der Waals surface area contributed by atoms with Crippen LogP contribution < -0.4 is 0 Å². The summed E-state index contributed by atoms with van der Waals surface area (Å²) in [5, 5.41) is 12.0. The predicted molar refractivity (Wildman–Crippen MR) is 90.1 cm³/mol. The van der Waals surface area contributed by atoms with Gasteiger partial charge < -0.3 is 10.1 Å². The number of H-pyrrole nitrogens is 1. The number of carboxylic acid groups (broad SMARTS) is 1. The zero-order valence-corrected chi connectivity index (χ0v) is 14.0. The molecule has 1 aliphatic rings. The number of aryl methyl sites for hydroxylation is 1. The molecule has 1 aromatic carbocycles. The Bertz CT molecular complexity index is 738. The minimum atomic E-state index is -0.823. The number of aromatic nitrogens is 1. The fraction of sp³-hybridized carbons (Fsp3) is 0.471. The van der Waals surface area contributed by atoms with Gasteiger partial charge in [0.25, 0.3) is 0 Å². The standard InChI is InChI=1S/C17H19Cl2NO2/c1-2-3-4-8-17(16(21)22)9-7-10-13-11(18)5-6-12(19)14(13)20-15(10)17/h5-6,20H,2-4,7-9H2,1H3,(H,21,22). The number of unbranched alkanes of at least 4 members (excludes halogenated alkanes) is 2.